The SMILES string of the molecule is CC(C)(C)OC(=O)c1cccc(-c2cccc(C(=O)[O-])c2)c1N. The summed E-state index contributed by atoms with van der Waals surface area (Å²) in [6.07, 6.45) is 0. The fourth-order valence-electron chi connectivity index (χ4n) is 2.14. The van der Waals surface area contributed by atoms with Gasteiger partial charge in [-0.1, -0.05) is 30.3 Å². The molecule has 120 valence electrons. The summed E-state index contributed by atoms with van der Waals surface area (Å²) < 4.78 is 5.33. The van der Waals surface area contributed by atoms with E-state index in [0.29, 0.717) is 11.1 Å². The summed E-state index contributed by atoms with van der Waals surface area (Å²) in [5.74, 6) is -1.79. The molecule has 0 saturated carbocycles. The molecule has 5 heteroatoms. The van der Waals surface area contributed by atoms with Crippen molar-refractivity contribution in [1.82, 2.24) is 0 Å². The number of carboxylic acids is 1. The van der Waals surface area contributed by atoms with Crippen molar-refractivity contribution in [2.45, 2.75) is 26.4 Å². The van der Waals surface area contributed by atoms with Gasteiger partial charge in [-0.05, 0) is 44.0 Å². The van der Waals surface area contributed by atoms with Crippen molar-refractivity contribution in [3.63, 3.8) is 0 Å². The summed E-state index contributed by atoms with van der Waals surface area (Å²) in [7, 11) is 0. The molecule has 2 aromatic rings. The van der Waals surface area contributed by atoms with Crippen molar-refractivity contribution in [3.8, 4) is 11.1 Å². The molecule has 0 unspecified atom stereocenters. The minimum absolute atomic E-state index is 0.0459. The molecule has 5 nitrogen and oxygen atoms in total. The number of hydrogen-bond acceptors (Lipinski definition) is 5. The van der Waals surface area contributed by atoms with E-state index in [1.54, 1.807) is 51.1 Å². The Morgan fingerprint density at radius 2 is 1.74 bits per heavy atom. The number of para-hydroxylation sites is 1. The number of carboxylic acid groups (broad SMARTS) is 1. The Bertz CT molecular complexity index is 760. The number of esters is 1. The first-order chi connectivity index (χ1) is 10.7. The average Bonchev–Trinajstić information content (AvgIpc) is 2.45. The highest BCUT2D eigenvalue weighted by Crippen LogP contribution is 2.30. The topological polar surface area (TPSA) is 92.5 Å². The number of aromatic carboxylic acids is 1. The number of anilines is 1. The molecule has 0 aliphatic rings. The molecule has 0 fully saturated rings. The maximum absolute atomic E-state index is 12.2. The van der Waals surface area contributed by atoms with Crippen LogP contribution in [0.2, 0.25) is 0 Å². The molecule has 0 bridgehead atoms. The van der Waals surface area contributed by atoms with Gasteiger partial charge in [0.1, 0.15) is 5.60 Å². The zero-order chi connectivity index (χ0) is 17.2. The molecule has 0 aromatic heterocycles. The van der Waals surface area contributed by atoms with Crippen LogP contribution in [0.3, 0.4) is 0 Å². The fourth-order valence-corrected chi connectivity index (χ4v) is 2.14. The number of benzene rings is 2. The number of rotatable bonds is 3. The van der Waals surface area contributed by atoms with E-state index >= 15 is 0 Å². The van der Waals surface area contributed by atoms with Crippen molar-refractivity contribution < 1.29 is 19.4 Å². The van der Waals surface area contributed by atoms with Gasteiger partial charge < -0.3 is 20.4 Å². The van der Waals surface area contributed by atoms with Gasteiger partial charge in [0.05, 0.1) is 17.2 Å². The minimum Gasteiger partial charge on any atom is -0.545 e. The number of carbonyl (C=O) groups is 2. The molecule has 0 aliphatic carbocycles. The lowest BCUT2D eigenvalue weighted by Gasteiger charge is -2.20. The van der Waals surface area contributed by atoms with Crippen LogP contribution in [-0.2, 0) is 4.74 Å². The van der Waals surface area contributed by atoms with Gasteiger partial charge in [0, 0.05) is 5.56 Å². The molecule has 0 saturated heterocycles. The van der Waals surface area contributed by atoms with Gasteiger partial charge in [-0.15, -0.1) is 0 Å². The third-order valence-corrected chi connectivity index (χ3v) is 3.13. The quantitative estimate of drug-likeness (QED) is 0.693. The zero-order valence-electron chi connectivity index (χ0n) is 13.3. The normalized spacial score (nSPS) is 11.1. The van der Waals surface area contributed by atoms with E-state index in [9.17, 15) is 14.7 Å². The lowest BCUT2D eigenvalue weighted by molar-refractivity contribution is -0.255. The Morgan fingerprint density at radius 1 is 1.09 bits per heavy atom. The van der Waals surface area contributed by atoms with Crippen LogP contribution in [0.4, 0.5) is 5.69 Å². The molecule has 0 spiro atoms. The van der Waals surface area contributed by atoms with E-state index in [2.05, 4.69) is 0 Å². The lowest BCUT2D eigenvalue weighted by atomic mass is 9.98. The highest BCUT2D eigenvalue weighted by Gasteiger charge is 2.21. The highest BCUT2D eigenvalue weighted by atomic mass is 16.6. The lowest BCUT2D eigenvalue weighted by Crippen LogP contribution is -2.24. The summed E-state index contributed by atoms with van der Waals surface area (Å²) in [6.45, 7) is 5.32. The maximum Gasteiger partial charge on any atom is 0.340 e. The molecule has 2 rings (SSSR count). The first-order valence-electron chi connectivity index (χ1n) is 7.12. The number of nitrogen functional groups attached to an aromatic ring is 1. The van der Waals surface area contributed by atoms with Crippen LogP contribution < -0.4 is 10.8 Å². The Hall–Kier alpha value is -2.82. The fraction of sp³-hybridized carbons (Fsp3) is 0.222. The summed E-state index contributed by atoms with van der Waals surface area (Å²) in [5, 5.41) is 11.0. The Morgan fingerprint density at radius 3 is 2.35 bits per heavy atom. The Labute approximate surface area is 134 Å². The van der Waals surface area contributed by atoms with E-state index in [-0.39, 0.29) is 16.8 Å². The third kappa shape index (κ3) is 3.88. The highest BCUT2D eigenvalue weighted by molar-refractivity contribution is 6.00. The van der Waals surface area contributed by atoms with Gasteiger partial charge in [0.2, 0.25) is 0 Å². The van der Waals surface area contributed by atoms with Crippen molar-refractivity contribution in [1.29, 1.82) is 0 Å². The van der Waals surface area contributed by atoms with Crippen LogP contribution >= 0.6 is 0 Å². The van der Waals surface area contributed by atoms with Gasteiger partial charge in [0.15, 0.2) is 0 Å². The molecular formula is C18H18NO4-. The van der Waals surface area contributed by atoms with Crippen molar-refractivity contribution >= 4 is 17.6 Å². The van der Waals surface area contributed by atoms with E-state index in [0.717, 1.165) is 0 Å². The van der Waals surface area contributed by atoms with E-state index in [4.69, 9.17) is 10.5 Å². The average molecular weight is 312 g/mol. The number of carbonyl (C=O) groups excluding carboxylic acids is 2. The number of ether oxygens (including phenoxy) is 1. The molecule has 0 aliphatic heterocycles. The standard InChI is InChI=1S/C18H19NO4/c1-18(2,3)23-17(22)14-9-5-8-13(15(14)19)11-6-4-7-12(10-11)16(20)21/h4-10H,19H2,1-3H3,(H,20,21)/p-1. The molecule has 0 atom stereocenters. The van der Waals surface area contributed by atoms with E-state index in [1.165, 1.54) is 12.1 Å². The minimum atomic E-state index is -1.27. The van der Waals surface area contributed by atoms with Crippen LogP contribution in [0, 0.1) is 0 Å². The third-order valence-electron chi connectivity index (χ3n) is 3.13. The molecule has 0 amide bonds. The summed E-state index contributed by atoms with van der Waals surface area (Å²) in [6, 6.07) is 11.2. The maximum atomic E-state index is 12.2. The first kappa shape index (κ1) is 16.5. The smallest absolute Gasteiger partial charge is 0.340 e. The Kier molecular flexibility index (Phi) is 4.40. The van der Waals surface area contributed by atoms with Crippen molar-refractivity contribution in [2.75, 3.05) is 5.73 Å². The predicted octanol–water partition coefficient (Wildman–Crippen LogP) is 2.25. The zero-order valence-corrected chi connectivity index (χ0v) is 13.3. The number of nitrogens with two attached hydrogens (primary N) is 1. The van der Waals surface area contributed by atoms with Crippen molar-refractivity contribution in [3.05, 3.63) is 53.6 Å². The van der Waals surface area contributed by atoms with Crippen molar-refractivity contribution in [2.24, 2.45) is 0 Å². The first-order valence-corrected chi connectivity index (χ1v) is 7.12. The molecule has 0 radical (unpaired) electrons. The molecule has 2 N–H and O–H groups in total. The Balaban J connectivity index is 2.46. The predicted molar refractivity (Wildman–Crippen MR) is 85.8 cm³/mol. The molecule has 0 heterocycles. The van der Waals surface area contributed by atoms with Gasteiger partial charge in [0.25, 0.3) is 0 Å². The number of hydrogen-bond donors (Lipinski definition) is 1. The molecule has 2 aromatic carbocycles. The second-order valence-electron chi connectivity index (χ2n) is 6.14. The largest absolute Gasteiger partial charge is 0.545 e. The second kappa shape index (κ2) is 6.12. The van der Waals surface area contributed by atoms with Gasteiger partial charge >= 0.3 is 5.97 Å². The van der Waals surface area contributed by atoms with Gasteiger partial charge in [-0.3, -0.25) is 0 Å². The summed E-state index contributed by atoms with van der Waals surface area (Å²) >= 11 is 0. The van der Waals surface area contributed by atoms with Gasteiger partial charge in [-0.2, -0.15) is 0 Å². The van der Waals surface area contributed by atoms with Gasteiger partial charge in [-0.25, -0.2) is 4.79 Å². The van der Waals surface area contributed by atoms with Crippen LogP contribution in [0.1, 0.15) is 41.5 Å². The van der Waals surface area contributed by atoms with Crippen LogP contribution in [-0.4, -0.2) is 17.5 Å². The van der Waals surface area contributed by atoms with Crippen LogP contribution in [0.25, 0.3) is 11.1 Å². The molecular weight excluding hydrogens is 294 g/mol. The van der Waals surface area contributed by atoms with Crippen LogP contribution in [0.5, 0.6) is 0 Å². The van der Waals surface area contributed by atoms with E-state index < -0.39 is 17.5 Å². The molecule has 23 heavy (non-hydrogen) atoms. The summed E-state index contributed by atoms with van der Waals surface area (Å²) in [4.78, 5) is 23.2. The second-order valence-corrected chi connectivity index (χ2v) is 6.14. The monoisotopic (exact) mass is 312 g/mol. The van der Waals surface area contributed by atoms with E-state index in [1.807, 2.05) is 0 Å². The van der Waals surface area contributed by atoms with Crippen LogP contribution in [0.15, 0.2) is 42.5 Å². The summed E-state index contributed by atoms with van der Waals surface area (Å²) in [5.41, 5.74) is 7.17.